The van der Waals surface area contributed by atoms with Crippen molar-refractivity contribution < 1.29 is 23.3 Å². The second kappa shape index (κ2) is 9.89. The summed E-state index contributed by atoms with van der Waals surface area (Å²) >= 11 is 0.800. The molecule has 1 unspecified atom stereocenters. The van der Waals surface area contributed by atoms with Crippen molar-refractivity contribution in [3.05, 3.63) is 50.0 Å². The summed E-state index contributed by atoms with van der Waals surface area (Å²) in [4.78, 5) is 40.5. The van der Waals surface area contributed by atoms with E-state index in [-0.39, 0.29) is 38.7 Å². The number of anilines is 1. The Balaban J connectivity index is 1.80. The van der Waals surface area contributed by atoms with Gasteiger partial charge in [0, 0.05) is 23.7 Å². The lowest BCUT2D eigenvalue weighted by molar-refractivity contribution is -0.386. The number of thiophene rings is 1. The molecule has 0 aliphatic rings. The van der Waals surface area contributed by atoms with Crippen LogP contribution < -0.4 is 11.1 Å². The SMILES string of the molecule is Cc1nn(CC(C)C(=O)Nc2c(C(N)=O)sc3nc(C(F)F)cc(-c4cnn(C)c4C)c23)c(C)c1[N+](=O)[O-]. The molecule has 0 spiro atoms. The van der Waals surface area contributed by atoms with Crippen molar-refractivity contribution in [2.75, 3.05) is 5.32 Å². The Morgan fingerprint density at radius 2 is 1.92 bits per heavy atom. The number of aryl methyl sites for hydroxylation is 2. The van der Waals surface area contributed by atoms with Crippen LogP contribution >= 0.6 is 11.3 Å². The number of pyridine rings is 1. The van der Waals surface area contributed by atoms with E-state index in [9.17, 15) is 28.5 Å². The van der Waals surface area contributed by atoms with Crippen LogP contribution in [0.3, 0.4) is 0 Å². The maximum absolute atomic E-state index is 13.7. The second-order valence-corrected chi connectivity index (χ2v) is 9.86. The summed E-state index contributed by atoms with van der Waals surface area (Å²) in [7, 11) is 1.70. The zero-order valence-electron chi connectivity index (χ0n) is 21.1. The number of nitrogens with one attached hydrogen (secondary N) is 1. The molecule has 0 saturated carbocycles. The van der Waals surface area contributed by atoms with E-state index in [0.29, 0.717) is 22.5 Å². The fourth-order valence-corrected chi connectivity index (χ4v) is 5.23. The second-order valence-electron chi connectivity index (χ2n) is 8.86. The van der Waals surface area contributed by atoms with Gasteiger partial charge in [0.15, 0.2) is 0 Å². The highest BCUT2D eigenvalue weighted by atomic mass is 32.1. The van der Waals surface area contributed by atoms with Gasteiger partial charge < -0.3 is 11.1 Å². The van der Waals surface area contributed by atoms with E-state index in [1.807, 2.05) is 0 Å². The Labute approximate surface area is 218 Å². The molecule has 2 amide bonds. The van der Waals surface area contributed by atoms with Crippen molar-refractivity contribution >= 4 is 44.7 Å². The van der Waals surface area contributed by atoms with E-state index in [1.165, 1.54) is 30.8 Å². The minimum Gasteiger partial charge on any atom is -0.365 e. The predicted octanol–water partition coefficient (Wildman–Crippen LogP) is 4.04. The Hall–Kier alpha value is -4.27. The number of nitrogens with two attached hydrogens (primary N) is 1. The minimum absolute atomic E-state index is 0.0165. The molecule has 15 heteroatoms. The molecule has 3 N–H and O–H groups in total. The third-order valence-electron chi connectivity index (χ3n) is 6.32. The first-order valence-corrected chi connectivity index (χ1v) is 12.2. The van der Waals surface area contributed by atoms with E-state index in [2.05, 4.69) is 20.5 Å². The number of rotatable bonds is 8. The number of primary amides is 1. The van der Waals surface area contributed by atoms with Gasteiger partial charge >= 0.3 is 5.69 Å². The Kier molecular flexibility index (Phi) is 6.97. The van der Waals surface area contributed by atoms with Gasteiger partial charge in [-0.15, -0.1) is 11.3 Å². The number of hydrogen-bond donors (Lipinski definition) is 2. The van der Waals surface area contributed by atoms with Crippen LogP contribution in [0, 0.1) is 36.8 Å². The molecule has 0 saturated heterocycles. The molecule has 0 aliphatic carbocycles. The fraction of sp³-hybridized carbons (Fsp3) is 0.348. The van der Waals surface area contributed by atoms with Crippen LogP contribution in [0.15, 0.2) is 12.3 Å². The molecule has 4 aromatic heterocycles. The maximum atomic E-state index is 13.7. The smallest absolute Gasteiger partial charge is 0.312 e. The van der Waals surface area contributed by atoms with Crippen molar-refractivity contribution in [3.63, 3.8) is 0 Å². The summed E-state index contributed by atoms with van der Waals surface area (Å²) in [6.07, 6.45) is -1.37. The number of nitrogens with zero attached hydrogens (tertiary/aromatic N) is 6. The summed E-state index contributed by atoms with van der Waals surface area (Å²) < 4.78 is 30.4. The highest BCUT2D eigenvalue weighted by molar-refractivity contribution is 7.21. The van der Waals surface area contributed by atoms with Crippen LogP contribution in [0.2, 0.25) is 0 Å². The standard InChI is InChI=1S/C23H24F2N8O4S/c1-9(8-32-12(4)18(33(36)37)10(2)30-32)22(35)29-17-16-13(14-7-27-31(5)11(14)3)6-15(20(24)25)28-23(16)38-19(17)21(26)34/h6-7,9,20H,8H2,1-5H3,(H2,26,34)(H,29,35). The lowest BCUT2D eigenvalue weighted by Gasteiger charge is -2.15. The molecule has 38 heavy (non-hydrogen) atoms. The molecule has 200 valence electrons. The molecule has 0 aromatic carbocycles. The normalized spacial score (nSPS) is 12.3. The van der Waals surface area contributed by atoms with Gasteiger partial charge in [0.2, 0.25) is 5.91 Å². The quantitative estimate of drug-likeness (QED) is 0.249. The van der Waals surface area contributed by atoms with Crippen molar-refractivity contribution in [2.24, 2.45) is 18.7 Å². The molecule has 4 heterocycles. The Bertz CT molecular complexity index is 1610. The summed E-state index contributed by atoms with van der Waals surface area (Å²) in [6.45, 7) is 6.41. The lowest BCUT2D eigenvalue weighted by atomic mass is 10.0. The largest absolute Gasteiger partial charge is 0.365 e. The molecular formula is C23H24F2N8O4S. The first-order valence-electron chi connectivity index (χ1n) is 11.3. The van der Waals surface area contributed by atoms with E-state index in [1.54, 1.807) is 25.6 Å². The van der Waals surface area contributed by atoms with Gasteiger partial charge in [-0.1, -0.05) is 6.92 Å². The summed E-state index contributed by atoms with van der Waals surface area (Å²) in [6, 6.07) is 1.21. The van der Waals surface area contributed by atoms with Gasteiger partial charge in [0.1, 0.15) is 26.8 Å². The topological polar surface area (TPSA) is 164 Å². The third kappa shape index (κ3) is 4.60. The Morgan fingerprint density at radius 3 is 2.45 bits per heavy atom. The first-order chi connectivity index (χ1) is 17.8. The van der Waals surface area contributed by atoms with Gasteiger partial charge in [-0.2, -0.15) is 10.2 Å². The van der Waals surface area contributed by atoms with E-state index in [4.69, 9.17) is 5.73 Å². The van der Waals surface area contributed by atoms with Crippen molar-refractivity contribution in [3.8, 4) is 11.1 Å². The van der Waals surface area contributed by atoms with Crippen molar-refractivity contribution in [2.45, 2.75) is 40.7 Å². The third-order valence-corrected chi connectivity index (χ3v) is 7.42. The van der Waals surface area contributed by atoms with E-state index < -0.39 is 34.8 Å². The summed E-state index contributed by atoms with van der Waals surface area (Å²) in [5, 5.41) is 22.7. The fourth-order valence-electron chi connectivity index (χ4n) is 4.22. The molecule has 4 aromatic rings. The number of nitro groups is 1. The monoisotopic (exact) mass is 546 g/mol. The highest BCUT2D eigenvalue weighted by Gasteiger charge is 2.28. The maximum Gasteiger partial charge on any atom is 0.312 e. The van der Waals surface area contributed by atoms with E-state index >= 15 is 0 Å². The van der Waals surface area contributed by atoms with Gasteiger partial charge in [-0.05, 0) is 32.4 Å². The molecule has 12 nitrogen and oxygen atoms in total. The number of halogens is 2. The van der Waals surface area contributed by atoms with Gasteiger partial charge in [-0.25, -0.2) is 13.8 Å². The zero-order chi connectivity index (χ0) is 28.0. The van der Waals surface area contributed by atoms with Crippen LogP contribution in [0.5, 0.6) is 0 Å². The predicted molar refractivity (Wildman–Crippen MR) is 136 cm³/mol. The number of amides is 2. The molecule has 0 aliphatic heterocycles. The summed E-state index contributed by atoms with van der Waals surface area (Å²) in [5.74, 6) is -2.15. The number of alkyl halides is 2. The first kappa shape index (κ1) is 26.8. The number of hydrogen-bond acceptors (Lipinski definition) is 8. The molecular weight excluding hydrogens is 522 g/mol. The van der Waals surface area contributed by atoms with Gasteiger partial charge in [0.05, 0.1) is 29.3 Å². The zero-order valence-corrected chi connectivity index (χ0v) is 21.9. The number of aromatic nitrogens is 5. The molecule has 0 radical (unpaired) electrons. The van der Waals surface area contributed by atoms with Crippen LogP contribution in [0.1, 0.15) is 45.8 Å². The molecule has 0 bridgehead atoms. The minimum atomic E-state index is -2.88. The highest BCUT2D eigenvalue weighted by Crippen LogP contribution is 2.43. The van der Waals surface area contributed by atoms with Crippen molar-refractivity contribution in [1.82, 2.24) is 24.5 Å². The number of carbonyl (C=O) groups excluding carboxylic acids is 2. The van der Waals surface area contributed by atoms with Gasteiger partial charge in [0.25, 0.3) is 12.3 Å². The average Bonchev–Trinajstić information content (AvgIpc) is 3.46. The summed E-state index contributed by atoms with van der Waals surface area (Å²) in [5.41, 5.74) is 7.04. The lowest BCUT2D eigenvalue weighted by Crippen LogP contribution is -2.26. The van der Waals surface area contributed by atoms with E-state index in [0.717, 1.165) is 11.3 Å². The molecule has 0 fully saturated rings. The van der Waals surface area contributed by atoms with Crippen LogP contribution in [-0.4, -0.2) is 41.3 Å². The van der Waals surface area contributed by atoms with Crippen LogP contribution in [0.4, 0.5) is 20.2 Å². The van der Waals surface area contributed by atoms with Gasteiger partial charge in [-0.3, -0.25) is 29.1 Å². The number of carbonyl (C=O) groups is 2. The van der Waals surface area contributed by atoms with Crippen molar-refractivity contribution in [1.29, 1.82) is 0 Å². The average molecular weight is 547 g/mol. The van der Waals surface area contributed by atoms with Crippen LogP contribution in [-0.2, 0) is 18.4 Å². The molecule has 4 rings (SSSR count). The van der Waals surface area contributed by atoms with Crippen LogP contribution in [0.25, 0.3) is 21.3 Å². The number of fused-ring (bicyclic) bond motifs is 1. The Morgan fingerprint density at radius 1 is 1.24 bits per heavy atom. The molecule has 1 atom stereocenters.